The Balaban J connectivity index is 1.89. The molecule has 136 valence electrons. The van der Waals surface area contributed by atoms with Crippen molar-refractivity contribution in [2.75, 3.05) is 6.54 Å². The van der Waals surface area contributed by atoms with Crippen LogP contribution < -0.4 is 5.32 Å². The van der Waals surface area contributed by atoms with Gasteiger partial charge in [-0.1, -0.05) is 23.3 Å². The minimum Gasteiger partial charge on any atom is -0.348 e. The van der Waals surface area contributed by atoms with Gasteiger partial charge in [0.2, 0.25) is 0 Å². The first-order chi connectivity index (χ1) is 12.3. The predicted molar refractivity (Wildman–Crippen MR) is 106 cm³/mol. The van der Waals surface area contributed by atoms with E-state index in [9.17, 15) is 9.59 Å². The van der Waals surface area contributed by atoms with Gasteiger partial charge in [0, 0.05) is 41.2 Å². The molecule has 1 N–H and O–H groups in total. The number of carbonyl (C=O) groups excluding carboxylic acids is 2. The van der Waals surface area contributed by atoms with Crippen LogP contribution in [0, 0.1) is 0 Å². The molecule has 2 aromatic rings. The molecule has 0 fully saturated rings. The van der Waals surface area contributed by atoms with Gasteiger partial charge in [0.25, 0.3) is 5.91 Å². The highest BCUT2D eigenvalue weighted by molar-refractivity contribution is 6.32. The van der Waals surface area contributed by atoms with Crippen molar-refractivity contribution in [2.24, 2.45) is 0 Å². The van der Waals surface area contributed by atoms with Gasteiger partial charge in [-0.15, -0.1) is 0 Å². The highest BCUT2D eigenvalue weighted by atomic mass is 35.5. The molecule has 0 bridgehead atoms. The lowest BCUT2D eigenvalue weighted by Crippen LogP contribution is -2.29. The molecule has 1 aromatic heterocycles. The SMILES string of the molecule is CC1=CC(C)=C(CNC(=O)c2cc(Cl)cc3c2ccn3C(C)C)C(=O)C1. The van der Waals surface area contributed by atoms with Crippen LogP contribution in [0.1, 0.15) is 50.5 Å². The van der Waals surface area contributed by atoms with Crippen LogP contribution in [0.4, 0.5) is 0 Å². The van der Waals surface area contributed by atoms with Gasteiger partial charge in [-0.2, -0.15) is 0 Å². The maximum Gasteiger partial charge on any atom is 0.252 e. The number of benzene rings is 1. The number of fused-ring (bicyclic) bond motifs is 1. The quantitative estimate of drug-likeness (QED) is 0.837. The second kappa shape index (κ2) is 7.12. The number of hydrogen-bond donors (Lipinski definition) is 1. The molecule has 1 aromatic carbocycles. The molecule has 5 heteroatoms. The molecule has 0 atom stereocenters. The Morgan fingerprint density at radius 2 is 2.04 bits per heavy atom. The van der Waals surface area contributed by atoms with Gasteiger partial charge in [0.15, 0.2) is 5.78 Å². The van der Waals surface area contributed by atoms with Crippen LogP contribution in [0.25, 0.3) is 10.9 Å². The average Bonchev–Trinajstić information content (AvgIpc) is 2.96. The molecular weight excluding hydrogens is 348 g/mol. The number of halogens is 1. The number of nitrogens with one attached hydrogen (secondary N) is 1. The van der Waals surface area contributed by atoms with Crippen molar-refractivity contribution in [2.45, 2.75) is 40.2 Å². The smallest absolute Gasteiger partial charge is 0.252 e. The lowest BCUT2D eigenvalue weighted by atomic mass is 9.92. The van der Waals surface area contributed by atoms with E-state index in [1.54, 1.807) is 6.07 Å². The fourth-order valence-electron chi connectivity index (χ4n) is 3.46. The zero-order valence-corrected chi connectivity index (χ0v) is 16.3. The molecule has 1 aliphatic rings. The fraction of sp³-hybridized carbons (Fsp3) is 0.333. The van der Waals surface area contributed by atoms with Crippen LogP contribution in [-0.2, 0) is 4.79 Å². The zero-order chi connectivity index (χ0) is 19.0. The molecule has 4 nitrogen and oxygen atoms in total. The van der Waals surface area contributed by atoms with Crippen molar-refractivity contribution in [3.8, 4) is 0 Å². The second-order valence-electron chi connectivity index (χ2n) is 7.14. The fourth-order valence-corrected chi connectivity index (χ4v) is 3.67. The molecule has 1 heterocycles. The predicted octanol–water partition coefficient (Wildman–Crippen LogP) is 4.84. The molecule has 1 amide bonds. The third-order valence-electron chi connectivity index (χ3n) is 4.74. The summed E-state index contributed by atoms with van der Waals surface area (Å²) in [5.41, 5.74) is 4.10. The Hall–Kier alpha value is -2.33. The van der Waals surface area contributed by atoms with Gasteiger partial charge in [-0.25, -0.2) is 0 Å². The molecule has 0 saturated heterocycles. The summed E-state index contributed by atoms with van der Waals surface area (Å²) in [6.07, 6.45) is 4.39. The van der Waals surface area contributed by atoms with E-state index < -0.39 is 0 Å². The van der Waals surface area contributed by atoms with E-state index >= 15 is 0 Å². The number of allylic oxidation sites excluding steroid dienone is 3. The van der Waals surface area contributed by atoms with Crippen molar-refractivity contribution in [3.05, 3.63) is 57.8 Å². The zero-order valence-electron chi connectivity index (χ0n) is 15.5. The average molecular weight is 371 g/mol. The van der Waals surface area contributed by atoms with E-state index in [2.05, 4.69) is 23.7 Å². The summed E-state index contributed by atoms with van der Waals surface area (Å²) in [7, 11) is 0. The van der Waals surface area contributed by atoms with E-state index in [0.29, 0.717) is 22.6 Å². The molecule has 3 rings (SSSR count). The minimum atomic E-state index is -0.224. The monoisotopic (exact) mass is 370 g/mol. The number of rotatable bonds is 4. The van der Waals surface area contributed by atoms with Gasteiger partial charge in [0.1, 0.15) is 0 Å². The largest absolute Gasteiger partial charge is 0.348 e. The van der Waals surface area contributed by atoms with Crippen LogP contribution >= 0.6 is 11.6 Å². The van der Waals surface area contributed by atoms with Crippen molar-refractivity contribution in [1.29, 1.82) is 0 Å². The summed E-state index contributed by atoms with van der Waals surface area (Å²) in [6.45, 7) is 8.24. The topological polar surface area (TPSA) is 51.1 Å². The van der Waals surface area contributed by atoms with Crippen molar-refractivity contribution in [1.82, 2.24) is 9.88 Å². The Labute approximate surface area is 158 Å². The summed E-state index contributed by atoms with van der Waals surface area (Å²) in [5, 5.41) is 4.27. The van der Waals surface area contributed by atoms with Crippen molar-refractivity contribution < 1.29 is 9.59 Å². The summed E-state index contributed by atoms with van der Waals surface area (Å²) in [5.74, 6) is -0.150. The van der Waals surface area contributed by atoms with Gasteiger partial charge < -0.3 is 9.88 Å². The molecule has 0 spiro atoms. The van der Waals surface area contributed by atoms with Crippen LogP contribution in [0.2, 0.25) is 5.02 Å². The molecular formula is C21H23ClN2O2. The molecule has 1 aliphatic carbocycles. The Morgan fingerprint density at radius 1 is 1.31 bits per heavy atom. The number of hydrogen-bond acceptors (Lipinski definition) is 2. The number of amides is 1. The van der Waals surface area contributed by atoms with Crippen LogP contribution in [0.5, 0.6) is 0 Å². The summed E-state index contributed by atoms with van der Waals surface area (Å²) in [4.78, 5) is 25.0. The number of ketones is 1. The molecule has 0 radical (unpaired) electrons. The molecule has 0 unspecified atom stereocenters. The van der Waals surface area contributed by atoms with Crippen LogP contribution in [0.3, 0.4) is 0 Å². The summed E-state index contributed by atoms with van der Waals surface area (Å²) >= 11 is 6.25. The van der Waals surface area contributed by atoms with Crippen LogP contribution in [-0.4, -0.2) is 22.8 Å². The Kier molecular flexibility index (Phi) is 5.05. The van der Waals surface area contributed by atoms with Gasteiger partial charge in [0.05, 0.1) is 11.1 Å². The maximum absolute atomic E-state index is 12.8. The van der Waals surface area contributed by atoms with E-state index in [1.807, 2.05) is 38.3 Å². The summed E-state index contributed by atoms with van der Waals surface area (Å²) < 4.78 is 2.09. The number of carbonyl (C=O) groups is 2. The normalized spacial score (nSPS) is 15.0. The van der Waals surface area contributed by atoms with E-state index in [4.69, 9.17) is 11.6 Å². The molecule has 26 heavy (non-hydrogen) atoms. The highest BCUT2D eigenvalue weighted by Gasteiger charge is 2.20. The maximum atomic E-state index is 12.8. The first-order valence-electron chi connectivity index (χ1n) is 8.76. The number of nitrogens with zero attached hydrogens (tertiary/aromatic N) is 1. The molecule has 0 aliphatic heterocycles. The first-order valence-corrected chi connectivity index (χ1v) is 9.14. The van der Waals surface area contributed by atoms with E-state index in [1.165, 1.54) is 0 Å². The third-order valence-corrected chi connectivity index (χ3v) is 4.96. The van der Waals surface area contributed by atoms with Gasteiger partial charge in [-0.3, -0.25) is 9.59 Å². The van der Waals surface area contributed by atoms with Crippen molar-refractivity contribution in [3.63, 3.8) is 0 Å². The van der Waals surface area contributed by atoms with Gasteiger partial charge in [-0.05, 0) is 51.5 Å². The second-order valence-corrected chi connectivity index (χ2v) is 7.57. The minimum absolute atomic E-state index is 0.0741. The lowest BCUT2D eigenvalue weighted by molar-refractivity contribution is -0.115. The van der Waals surface area contributed by atoms with Crippen molar-refractivity contribution >= 4 is 34.2 Å². The summed E-state index contributed by atoms with van der Waals surface area (Å²) in [6, 6.07) is 5.75. The highest BCUT2D eigenvalue weighted by Crippen LogP contribution is 2.28. The number of aromatic nitrogens is 1. The Morgan fingerprint density at radius 3 is 2.69 bits per heavy atom. The standard InChI is InChI=1S/C21H23ClN2O2/c1-12(2)24-6-5-16-17(9-15(22)10-19(16)24)21(26)23-11-18-14(4)7-13(3)8-20(18)25/h5-7,9-10,12H,8,11H2,1-4H3,(H,23,26). The van der Waals surface area contributed by atoms with E-state index in [0.717, 1.165) is 22.0 Å². The van der Waals surface area contributed by atoms with Gasteiger partial charge >= 0.3 is 0 Å². The molecule has 0 saturated carbocycles. The first kappa shape index (κ1) is 18.5. The lowest BCUT2D eigenvalue weighted by Gasteiger charge is -2.16. The Bertz CT molecular complexity index is 964. The third kappa shape index (κ3) is 3.47. The van der Waals surface area contributed by atoms with Crippen LogP contribution in [0.15, 0.2) is 47.2 Å². The number of Topliss-reactive ketones (excluding diaryl/α,β-unsaturated/α-hetero) is 1. The van der Waals surface area contributed by atoms with E-state index in [-0.39, 0.29) is 24.3 Å².